The number of nitrogens with two attached hydrogens (primary N) is 1. The fourth-order valence-corrected chi connectivity index (χ4v) is 9.65. The lowest BCUT2D eigenvalue weighted by Crippen LogP contribution is -2.62. The number of nitrogens with zero attached hydrogens (tertiary/aromatic N) is 8. The number of likely N-dealkylation sites (tertiary alicyclic amines) is 2. The van der Waals surface area contributed by atoms with E-state index in [9.17, 15) is 32.3 Å². The number of benzene rings is 3. The number of halogens is 3. The van der Waals surface area contributed by atoms with Gasteiger partial charge in [-0.2, -0.15) is 18.3 Å². The highest BCUT2D eigenvalue weighted by Crippen LogP contribution is 2.38. The molecule has 0 spiro atoms. The molecule has 7 heterocycles. The SMILES string of the molecule is Nc1ncnc2c1c(-c1ccc(Oc3ccc(C(F)(F)F)cc3)cc1)nn2C1CCN(C2CCN(C3CN(c4ccc5c(c4)C(=O)N(C4CCC(=O)NC4=O)C5=O)C3)CC2)CC1. The second-order valence-corrected chi connectivity index (χ2v) is 16.7. The van der Waals surface area contributed by atoms with Crippen LogP contribution in [-0.4, -0.2) is 115 Å². The number of anilines is 2. The minimum atomic E-state index is -4.42. The number of hydrogen-bond donors (Lipinski definition) is 2. The van der Waals surface area contributed by atoms with Gasteiger partial charge in [0.05, 0.1) is 28.1 Å². The summed E-state index contributed by atoms with van der Waals surface area (Å²) in [4.78, 5) is 67.8. The minimum absolute atomic E-state index is 0.0810. The van der Waals surface area contributed by atoms with Gasteiger partial charge in [-0.25, -0.2) is 14.6 Å². The molecule has 4 fully saturated rings. The zero-order valence-corrected chi connectivity index (χ0v) is 33.6. The van der Waals surface area contributed by atoms with E-state index in [1.807, 2.05) is 22.9 Å². The third-order valence-electron chi connectivity index (χ3n) is 13.1. The third kappa shape index (κ3) is 7.19. The van der Waals surface area contributed by atoms with Crippen molar-refractivity contribution in [2.24, 2.45) is 0 Å². The number of aromatic nitrogens is 4. The molecule has 5 aliphatic heterocycles. The molecule has 0 radical (unpaired) electrons. The summed E-state index contributed by atoms with van der Waals surface area (Å²) in [5.41, 5.74) is 9.23. The molecule has 4 saturated heterocycles. The van der Waals surface area contributed by atoms with Gasteiger partial charge in [-0.15, -0.1) is 0 Å². The van der Waals surface area contributed by atoms with Crippen molar-refractivity contribution in [1.82, 2.24) is 39.8 Å². The normalized spacial score (nSPS) is 21.1. The van der Waals surface area contributed by atoms with E-state index in [2.05, 4.69) is 30.0 Å². The van der Waals surface area contributed by atoms with Crippen molar-refractivity contribution in [2.45, 2.75) is 68.9 Å². The molecule has 0 aliphatic carbocycles. The largest absolute Gasteiger partial charge is 0.457 e. The maximum atomic E-state index is 13.3. The molecule has 3 aromatic carbocycles. The quantitative estimate of drug-likeness (QED) is 0.194. The van der Waals surface area contributed by atoms with Crippen molar-refractivity contribution in [3.63, 3.8) is 0 Å². The van der Waals surface area contributed by atoms with Crippen molar-refractivity contribution in [3.8, 4) is 22.8 Å². The zero-order chi connectivity index (χ0) is 42.9. The number of fused-ring (bicyclic) bond motifs is 2. The molecular formula is C44H43F3N10O5. The summed E-state index contributed by atoms with van der Waals surface area (Å²) in [6.45, 7) is 5.50. The van der Waals surface area contributed by atoms with E-state index in [1.165, 1.54) is 18.5 Å². The molecule has 3 N–H and O–H groups in total. The number of nitrogen functional groups attached to an aromatic ring is 1. The highest BCUT2D eigenvalue weighted by molar-refractivity contribution is 6.23. The predicted molar refractivity (Wildman–Crippen MR) is 220 cm³/mol. The average Bonchev–Trinajstić information content (AvgIpc) is 3.76. The first-order valence-corrected chi connectivity index (χ1v) is 20.9. The minimum Gasteiger partial charge on any atom is -0.457 e. The Labute approximate surface area is 353 Å². The van der Waals surface area contributed by atoms with Crippen LogP contribution >= 0.6 is 0 Å². The zero-order valence-electron chi connectivity index (χ0n) is 33.6. The Hall–Kier alpha value is -6.40. The van der Waals surface area contributed by atoms with Gasteiger partial charge >= 0.3 is 6.18 Å². The van der Waals surface area contributed by atoms with Crippen LogP contribution in [0.2, 0.25) is 0 Å². The van der Waals surface area contributed by atoms with Gasteiger partial charge in [-0.05, 0) is 98.8 Å². The standard InChI is InChI=1S/C44H43F3N10O5/c45-44(46,47)26-3-8-32(9-4-26)62-31-6-1-25(2-7-31)38-37-39(48)49-24-50-40(37)57(52-38)28-15-19-53(20-16-28)27-13-17-54(18-14-27)30-22-55(23-30)29-5-10-33-34(21-29)43(61)56(42(33)60)35-11-12-36(58)51-41(35)59/h1-10,21,24,27-28,30,35H,11-20,22-23H2,(H2,48,49,50)(H,51,58,59). The summed E-state index contributed by atoms with van der Waals surface area (Å²) < 4.78 is 46.8. The molecular weight excluding hydrogens is 806 g/mol. The molecule has 1 atom stereocenters. The highest BCUT2D eigenvalue weighted by Gasteiger charge is 2.45. The van der Waals surface area contributed by atoms with Crippen molar-refractivity contribution in [2.75, 3.05) is 49.9 Å². The van der Waals surface area contributed by atoms with E-state index in [0.717, 1.165) is 93.2 Å². The van der Waals surface area contributed by atoms with Crippen LogP contribution in [0.1, 0.15) is 70.8 Å². The van der Waals surface area contributed by atoms with Crippen LogP contribution in [-0.2, 0) is 15.8 Å². The topological polar surface area (TPSA) is 172 Å². The van der Waals surface area contributed by atoms with Gasteiger partial charge in [-0.1, -0.05) is 0 Å². The number of carbonyl (C=O) groups excluding carboxylic acids is 4. The van der Waals surface area contributed by atoms with E-state index in [0.29, 0.717) is 45.9 Å². The Morgan fingerprint density at radius 1 is 0.726 bits per heavy atom. The first-order valence-electron chi connectivity index (χ1n) is 20.9. The van der Waals surface area contributed by atoms with E-state index >= 15 is 0 Å². The van der Waals surface area contributed by atoms with Crippen molar-refractivity contribution >= 4 is 46.2 Å². The molecule has 10 rings (SSSR count). The number of alkyl halides is 3. The lowest BCUT2D eigenvalue weighted by molar-refractivity contribution is -0.138. The molecule has 0 saturated carbocycles. The van der Waals surface area contributed by atoms with Crippen molar-refractivity contribution < 1.29 is 37.1 Å². The van der Waals surface area contributed by atoms with Crippen LogP contribution in [0.25, 0.3) is 22.3 Å². The Morgan fingerprint density at radius 3 is 2.02 bits per heavy atom. The van der Waals surface area contributed by atoms with Crippen LogP contribution < -0.4 is 20.7 Å². The molecule has 15 nitrogen and oxygen atoms in total. The van der Waals surface area contributed by atoms with Crippen LogP contribution in [0.4, 0.5) is 24.7 Å². The lowest BCUT2D eigenvalue weighted by atomic mass is 9.95. The molecule has 18 heteroatoms. The summed E-state index contributed by atoms with van der Waals surface area (Å²) in [5, 5.41) is 7.96. The first kappa shape index (κ1) is 39.7. The molecule has 5 aliphatic rings. The Morgan fingerprint density at radius 2 is 1.35 bits per heavy atom. The summed E-state index contributed by atoms with van der Waals surface area (Å²) in [6, 6.07) is 17.0. The number of piperidine rings is 3. The van der Waals surface area contributed by atoms with Crippen LogP contribution in [0.15, 0.2) is 73.1 Å². The van der Waals surface area contributed by atoms with Crippen LogP contribution in [0.5, 0.6) is 11.5 Å². The monoisotopic (exact) mass is 848 g/mol. The van der Waals surface area contributed by atoms with Gasteiger partial charge in [0, 0.05) is 69.0 Å². The highest BCUT2D eigenvalue weighted by atomic mass is 19.4. The number of amides is 4. The van der Waals surface area contributed by atoms with Crippen LogP contribution in [0, 0.1) is 0 Å². The molecule has 320 valence electrons. The summed E-state index contributed by atoms with van der Waals surface area (Å²) in [6.07, 6.45) is 1.19. The van der Waals surface area contributed by atoms with Gasteiger partial charge in [0.1, 0.15) is 35.4 Å². The molecule has 5 aromatic rings. The fourth-order valence-electron chi connectivity index (χ4n) is 9.65. The molecule has 1 unspecified atom stereocenters. The lowest BCUT2D eigenvalue weighted by Gasteiger charge is -2.50. The number of carbonyl (C=O) groups is 4. The van der Waals surface area contributed by atoms with E-state index in [-0.39, 0.29) is 30.2 Å². The van der Waals surface area contributed by atoms with Gasteiger partial charge in [-0.3, -0.25) is 34.3 Å². The second kappa shape index (κ2) is 15.5. The number of imide groups is 2. The third-order valence-corrected chi connectivity index (χ3v) is 13.1. The fraction of sp³-hybridized carbons (Fsp3) is 0.386. The number of hydrogen-bond acceptors (Lipinski definition) is 12. The van der Waals surface area contributed by atoms with Gasteiger partial charge in [0.2, 0.25) is 11.8 Å². The number of ether oxygens (including phenoxy) is 1. The Kier molecular flexibility index (Phi) is 9.93. The summed E-state index contributed by atoms with van der Waals surface area (Å²) in [5.74, 6) is -0.932. The summed E-state index contributed by atoms with van der Waals surface area (Å²) >= 11 is 0. The van der Waals surface area contributed by atoms with Gasteiger partial charge in [0.15, 0.2) is 5.65 Å². The van der Waals surface area contributed by atoms with E-state index in [4.69, 9.17) is 15.6 Å². The van der Waals surface area contributed by atoms with Crippen LogP contribution in [0.3, 0.4) is 0 Å². The molecule has 0 bridgehead atoms. The molecule has 62 heavy (non-hydrogen) atoms. The molecule has 4 amide bonds. The maximum Gasteiger partial charge on any atom is 0.416 e. The smallest absolute Gasteiger partial charge is 0.416 e. The van der Waals surface area contributed by atoms with Crippen molar-refractivity contribution in [1.29, 1.82) is 0 Å². The first-order chi connectivity index (χ1) is 29.9. The van der Waals surface area contributed by atoms with Gasteiger partial charge < -0.3 is 20.3 Å². The Balaban J connectivity index is 0.728. The van der Waals surface area contributed by atoms with Crippen molar-refractivity contribution in [3.05, 3.63) is 89.7 Å². The molecule has 2 aromatic heterocycles. The van der Waals surface area contributed by atoms with E-state index < -0.39 is 41.4 Å². The number of nitrogens with one attached hydrogen (secondary N) is 1. The Bertz CT molecular complexity index is 2580. The second-order valence-electron chi connectivity index (χ2n) is 16.7. The van der Waals surface area contributed by atoms with Gasteiger partial charge in [0.25, 0.3) is 11.8 Å². The maximum absolute atomic E-state index is 13.3. The summed E-state index contributed by atoms with van der Waals surface area (Å²) in [7, 11) is 0. The van der Waals surface area contributed by atoms with E-state index in [1.54, 1.807) is 24.3 Å². The number of rotatable bonds is 8. The average molecular weight is 849 g/mol. The predicted octanol–water partition coefficient (Wildman–Crippen LogP) is 5.28.